The van der Waals surface area contributed by atoms with Gasteiger partial charge in [0.2, 0.25) is 10.0 Å². The van der Waals surface area contributed by atoms with Crippen molar-refractivity contribution >= 4 is 21.8 Å². The van der Waals surface area contributed by atoms with E-state index in [1.807, 2.05) is 11.8 Å². The topological polar surface area (TPSA) is 58.2 Å². The van der Waals surface area contributed by atoms with Gasteiger partial charge in [-0.15, -0.1) is 0 Å². The predicted octanol–water partition coefficient (Wildman–Crippen LogP) is 1.33. The molecule has 18 heavy (non-hydrogen) atoms. The van der Waals surface area contributed by atoms with E-state index in [1.165, 1.54) is 25.0 Å². The molecule has 2 N–H and O–H groups in total. The molecule has 2 aliphatic heterocycles. The van der Waals surface area contributed by atoms with Gasteiger partial charge in [0.15, 0.2) is 0 Å². The first-order chi connectivity index (χ1) is 8.66. The molecule has 2 unspecified atom stereocenters. The molecule has 106 valence electrons. The molecular weight excluding hydrogens is 268 g/mol. The highest BCUT2D eigenvalue weighted by Gasteiger charge is 2.20. The Bertz CT molecular complexity index is 334. The highest BCUT2D eigenvalue weighted by molar-refractivity contribution is 8.00. The van der Waals surface area contributed by atoms with Crippen LogP contribution in [-0.2, 0) is 10.0 Å². The lowest BCUT2D eigenvalue weighted by Crippen LogP contribution is -2.38. The lowest BCUT2D eigenvalue weighted by atomic mass is 10.0. The fourth-order valence-electron chi connectivity index (χ4n) is 2.57. The second-order valence-corrected chi connectivity index (χ2v) is 8.57. The normalized spacial score (nSPS) is 29.6. The molecule has 4 nitrogen and oxygen atoms in total. The maximum atomic E-state index is 11.9. The Morgan fingerprint density at radius 3 is 2.78 bits per heavy atom. The smallest absolute Gasteiger partial charge is 0.211 e. The summed E-state index contributed by atoms with van der Waals surface area (Å²) in [5.41, 5.74) is 0. The van der Waals surface area contributed by atoms with Crippen molar-refractivity contribution in [3.05, 3.63) is 0 Å². The minimum atomic E-state index is -3.07. The van der Waals surface area contributed by atoms with E-state index in [4.69, 9.17) is 0 Å². The fourth-order valence-corrected chi connectivity index (χ4v) is 5.07. The van der Waals surface area contributed by atoms with Crippen LogP contribution in [-0.4, -0.2) is 44.3 Å². The van der Waals surface area contributed by atoms with Gasteiger partial charge in [0, 0.05) is 17.8 Å². The molecule has 0 aliphatic carbocycles. The van der Waals surface area contributed by atoms with E-state index in [0.29, 0.717) is 17.8 Å². The van der Waals surface area contributed by atoms with Crippen molar-refractivity contribution in [1.29, 1.82) is 0 Å². The Kier molecular flexibility index (Phi) is 5.79. The summed E-state index contributed by atoms with van der Waals surface area (Å²) < 4.78 is 26.5. The maximum Gasteiger partial charge on any atom is 0.211 e. The summed E-state index contributed by atoms with van der Waals surface area (Å²) in [5, 5.41) is 3.89. The van der Waals surface area contributed by atoms with Gasteiger partial charge in [0.1, 0.15) is 0 Å². The largest absolute Gasteiger partial charge is 0.314 e. The third-order valence-electron chi connectivity index (χ3n) is 3.70. The molecule has 0 bridgehead atoms. The van der Waals surface area contributed by atoms with Crippen molar-refractivity contribution in [3.63, 3.8) is 0 Å². The van der Waals surface area contributed by atoms with Crippen molar-refractivity contribution in [2.45, 2.75) is 49.8 Å². The van der Waals surface area contributed by atoms with Crippen LogP contribution in [0.2, 0.25) is 0 Å². The maximum absolute atomic E-state index is 11.9. The van der Waals surface area contributed by atoms with Crippen LogP contribution in [0, 0.1) is 0 Å². The zero-order chi connectivity index (χ0) is 12.8. The first kappa shape index (κ1) is 14.6. The Hall–Kier alpha value is 0.220. The van der Waals surface area contributed by atoms with E-state index in [-0.39, 0.29) is 5.75 Å². The van der Waals surface area contributed by atoms with E-state index in [9.17, 15) is 8.42 Å². The standard InChI is InChI=1S/C12H24N2O2S2/c15-18(16,14-10-12-5-3-8-17-12)9-6-11-4-1-2-7-13-11/h11-14H,1-10H2. The van der Waals surface area contributed by atoms with Gasteiger partial charge in [-0.1, -0.05) is 6.42 Å². The number of rotatable bonds is 6. The first-order valence-electron chi connectivity index (χ1n) is 6.98. The fraction of sp³-hybridized carbons (Fsp3) is 1.00. The van der Waals surface area contributed by atoms with Crippen LogP contribution in [0.15, 0.2) is 0 Å². The molecule has 0 radical (unpaired) electrons. The second-order valence-electron chi connectivity index (χ2n) is 5.24. The third-order valence-corrected chi connectivity index (χ3v) is 6.48. The third kappa shape index (κ3) is 5.07. The lowest BCUT2D eigenvalue weighted by Gasteiger charge is -2.23. The molecule has 0 aromatic rings. The summed E-state index contributed by atoms with van der Waals surface area (Å²) in [4.78, 5) is 0. The second kappa shape index (κ2) is 7.12. The number of hydrogen-bond acceptors (Lipinski definition) is 4. The van der Waals surface area contributed by atoms with Crippen LogP contribution < -0.4 is 10.0 Å². The van der Waals surface area contributed by atoms with Crippen molar-refractivity contribution in [2.24, 2.45) is 0 Å². The monoisotopic (exact) mass is 292 g/mol. The van der Waals surface area contributed by atoms with Gasteiger partial charge >= 0.3 is 0 Å². The molecule has 0 amide bonds. The van der Waals surface area contributed by atoms with Gasteiger partial charge in [-0.3, -0.25) is 0 Å². The minimum absolute atomic E-state index is 0.266. The molecular formula is C12H24N2O2S2. The van der Waals surface area contributed by atoms with Gasteiger partial charge in [0.05, 0.1) is 5.75 Å². The Morgan fingerprint density at radius 2 is 2.11 bits per heavy atom. The zero-order valence-electron chi connectivity index (χ0n) is 10.9. The molecule has 2 heterocycles. The van der Waals surface area contributed by atoms with Gasteiger partial charge < -0.3 is 5.32 Å². The molecule has 2 rings (SSSR count). The average molecular weight is 292 g/mol. The van der Waals surface area contributed by atoms with Crippen LogP contribution in [0.3, 0.4) is 0 Å². The van der Waals surface area contributed by atoms with Crippen molar-refractivity contribution in [2.75, 3.05) is 24.6 Å². The Labute approximate surface area is 115 Å². The Balaban J connectivity index is 1.66. The lowest BCUT2D eigenvalue weighted by molar-refractivity contribution is 0.392. The van der Waals surface area contributed by atoms with Gasteiger partial charge in [-0.05, 0) is 44.4 Å². The van der Waals surface area contributed by atoms with Crippen LogP contribution in [0.1, 0.15) is 38.5 Å². The number of nitrogens with one attached hydrogen (secondary N) is 2. The SMILES string of the molecule is O=S(=O)(CCC1CCCCN1)NCC1CCCS1. The van der Waals surface area contributed by atoms with Crippen LogP contribution in [0.5, 0.6) is 0 Å². The van der Waals surface area contributed by atoms with Gasteiger partial charge in [-0.2, -0.15) is 11.8 Å². The summed E-state index contributed by atoms with van der Waals surface area (Å²) in [5.74, 6) is 1.44. The molecule has 2 fully saturated rings. The van der Waals surface area contributed by atoms with Crippen LogP contribution in [0.4, 0.5) is 0 Å². The minimum Gasteiger partial charge on any atom is -0.314 e. The number of piperidine rings is 1. The molecule has 0 aromatic carbocycles. The zero-order valence-corrected chi connectivity index (χ0v) is 12.5. The van der Waals surface area contributed by atoms with Gasteiger partial charge in [0.25, 0.3) is 0 Å². The van der Waals surface area contributed by atoms with Crippen molar-refractivity contribution in [3.8, 4) is 0 Å². The molecule has 0 spiro atoms. The Morgan fingerprint density at radius 1 is 1.22 bits per heavy atom. The van der Waals surface area contributed by atoms with Crippen molar-refractivity contribution in [1.82, 2.24) is 10.0 Å². The van der Waals surface area contributed by atoms with Crippen LogP contribution in [0.25, 0.3) is 0 Å². The van der Waals surface area contributed by atoms with E-state index >= 15 is 0 Å². The highest BCUT2D eigenvalue weighted by atomic mass is 32.2. The molecule has 2 aliphatic rings. The molecule has 2 atom stereocenters. The van der Waals surface area contributed by atoms with E-state index in [0.717, 1.165) is 25.8 Å². The predicted molar refractivity (Wildman–Crippen MR) is 77.5 cm³/mol. The van der Waals surface area contributed by atoms with Crippen molar-refractivity contribution < 1.29 is 8.42 Å². The van der Waals surface area contributed by atoms with E-state index in [1.54, 1.807) is 0 Å². The van der Waals surface area contributed by atoms with E-state index < -0.39 is 10.0 Å². The summed E-state index contributed by atoms with van der Waals surface area (Å²) in [6.45, 7) is 1.65. The summed E-state index contributed by atoms with van der Waals surface area (Å²) in [7, 11) is -3.07. The molecule has 6 heteroatoms. The summed E-state index contributed by atoms with van der Waals surface area (Å²) in [6.07, 6.45) is 6.69. The molecule has 2 saturated heterocycles. The molecule has 0 aromatic heterocycles. The van der Waals surface area contributed by atoms with E-state index in [2.05, 4.69) is 10.0 Å². The quantitative estimate of drug-likeness (QED) is 0.775. The number of thioether (sulfide) groups is 1. The average Bonchev–Trinajstić information content (AvgIpc) is 2.89. The van der Waals surface area contributed by atoms with Crippen LogP contribution >= 0.6 is 11.8 Å². The first-order valence-corrected chi connectivity index (χ1v) is 9.68. The summed E-state index contributed by atoms with van der Waals surface area (Å²) in [6, 6.07) is 0.399. The number of hydrogen-bond donors (Lipinski definition) is 2. The summed E-state index contributed by atoms with van der Waals surface area (Å²) >= 11 is 1.89. The molecule has 0 saturated carbocycles. The number of sulfonamides is 1. The highest BCUT2D eigenvalue weighted by Crippen LogP contribution is 2.25. The van der Waals surface area contributed by atoms with Gasteiger partial charge in [-0.25, -0.2) is 13.1 Å².